The molecule has 0 unspecified atom stereocenters. The van der Waals surface area contributed by atoms with Gasteiger partial charge in [0.25, 0.3) is 5.92 Å². The summed E-state index contributed by atoms with van der Waals surface area (Å²) in [5.41, 5.74) is 0.732. The fourth-order valence-corrected chi connectivity index (χ4v) is 5.77. The fraction of sp³-hybridized carbons (Fsp3) is 0.769. The van der Waals surface area contributed by atoms with E-state index >= 15 is 8.78 Å². The molecule has 2 aliphatic rings. The number of hydrogen-bond acceptors (Lipinski definition) is 1. The molecular weight excluding hydrogens is 423 g/mol. The Morgan fingerprint density at radius 2 is 1.59 bits per heavy atom. The Morgan fingerprint density at radius 3 is 2.19 bits per heavy atom. The molecule has 1 aromatic rings. The van der Waals surface area contributed by atoms with E-state index in [1.54, 1.807) is 6.07 Å². The predicted octanol–water partition coefficient (Wildman–Crippen LogP) is 9.11. The Morgan fingerprint density at radius 1 is 0.938 bits per heavy atom. The lowest BCUT2D eigenvalue weighted by Crippen LogP contribution is -2.34. The lowest BCUT2D eigenvalue weighted by Gasteiger charge is -2.37. The Kier molecular flexibility index (Phi) is 9.24. The van der Waals surface area contributed by atoms with Crippen LogP contribution in [0, 0.1) is 23.6 Å². The van der Waals surface area contributed by atoms with Crippen molar-refractivity contribution >= 4 is 0 Å². The maximum Gasteiger partial charge on any atom is 0.387 e. The first kappa shape index (κ1) is 25.3. The van der Waals surface area contributed by atoms with Gasteiger partial charge in [0.15, 0.2) is 11.6 Å². The van der Waals surface area contributed by atoms with Gasteiger partial charge in [-0.2, -0.15) is 8.78 Å². The summed E-state index contributed by atoms with van der Waals surface area (Å²) in [4.78, 5) is 0. The summed E-state index contributed by atoms with van der Waals surface area (Å²) in [6.07, 6.45) is 10.8. The minimum Gasteiger partial charge on any atom is -0.432 e. The molecule has 0 bridgehead atoms. The monoisotopic (exact) mass is 460 g/mol. The summed E-state index contributed by atoms with van der Waals surface area (Å²) in [6, 6.07) is 4.09. The summed E-state index contributed by atoms with van der Waals surface area (Å²) in [7, 11) is 0. The van der Waals surface area contributed by atoms with Gasteiger partial charge >= 0.3 is 6.61 Å². The lowest BCUT2D eigenvalue weighted by atomic mass is 9.72. The Balaban J connectivity index is 1.45. The highest BCUT2D eigenvalue weighted by molar-refractivity contribution is 5.31. The summed E-state index contributed by atoms with van der Waals surface area (Å²) in [5.74, 6) is -3.66. The number of rotatable bonds is 10. The van der Waals surface area contributed by atoms with Crippen LogP contribution in [0.3, 0.4) is 0 Å². The van der Waals surface area contributed by atoms with Gasteiger partial charge in [0.2, 0.25) is 0 Å². The molecule has 2 aliphatic carbocycles. The van der Waals surface area contributed by atoms with Gasteiger partial charge in [0, 0.05) is 12.3 Å². The number of benzene rings is 1. The molecule has 0 aromatic heterocycles. The fourth-order valence-electron chi connectivity index (χ4n) is 5.77. The molecule has 3 rings (SSSR count). The molecule has 0 amide bonds. The maximum absolute atomic E-state index is 15.0. The average Bonchev–Trinajstić information content (AvgIpc) is 2.76. The van der Waals surface area contributed by atoms with E-state index in [1.165, 1.54) is 37.8 Å². The first-order valence-corrected chi connectivity index (χ1v) is 12.4. The molecule has 0 aliphatic heterocycles. The lowest BCUT2D eigenvalue weighted by molar-refractivity contribution is -0.0955. The van der Waals surface area contributed by atoms with E-state index in [9.17, 15) is 13.2 Å². The molecule has 0 N–H and O–H groups in total. The van der Waals surface area contributed by atoms with Gasteiger partial charge in [-0.05, 0) is 86.8 Å². The second kappa shape index (κ2) is 11.7. The van der Waals surface area contributed by atoms with Gasteiger partial charge in [-0.15, -0.1) is 0 Å². The van der Waals surface area contributed by atoms with E-state index in [4.69, 9.17) is 0 Å². The zero-order chi connectivity index (χ0) is 23.1. The van der Waals surface area contributed by atoms with Crippen molar-refractivity contribution in [3.63, 3.8) is 0 Å². The summed E-state index contributed by atoms with van der Waals surface area (Å²) in [6.45, 7) is -0.881. The van der Waals surface area contributed by atoms with E-state index in [2.05, 4.69) is 11.7 Å². The molecule has 1 nitrogen and oxygen atoms in total. The smallest absolute Gasteiger partial charge is 0.387 e. The van der Waals surface area contributed by atoms with Crippen molar-refractivity contribution in [2.24, 2.45) is 17.8 Å². The number of ether oxygens (including phenoxy) is 1. The molecule has 0 heterocycles. The third-order valence-corrected chi connectivity index (χ3v) is 7.71. The van der Waals surface area contributed by atoms with Crippen LogP contribution < -0.4 is 4.74 Å². The van der Waals surface area contributed by atoms with E-state index in [0.717, 1.165) is 31.2 Å². The van der Waals surface area contributed by atoms with Crippen LogP contribution in [0.1, 0.15) is 102 Å². The van der Waals surface area contributed by atoms with Crippen LogP contribution in [0.4, 0.5) is 22.0 Å². The van der Waals surface area contributed by atoms with Crippen LogP contribution in [-0.2, 0) is 0 Å². The molecule has 6 heteroatoms. The standard InChI is InChI=1S/C26H37F5O/c1-2-3-4-5-18-8-13-22(14-9-18)26(30,31)17-19-6-10-20(11-7-19)21-12-15-24(23(27)16-21)32-25(28)29/h12,15-16,18-20,22,25H,2-11,13-14,17H2,1H3. The molecular formula is C26H37F5O. The van der Waals surface area contributed by atoms with Crippen molar-refractivity contribution in [1.29, 1.82) is 0 Å². The van der Waals surface area contributed by atoms with Crippen molar-refractivity contribution in [2.75, 3.05) is 0 Å². The number of halogens is 5. The van der Waals surface area contributed by atoms with Crippen molar-refractivity contribution in [2.45, 2.75) is 109 Å². The highest BCUT2D eigenvalue weighted by atomic mass is 19.3. The van der Waals surface area contributed by atoms with E-state index in [0.29, 0.717) is 31.6 Å². The van der Waals surface area contributed by atoms with Gasteiger partial charge in [0.1, 0.15) is 0 Å². The summed E-state index contributed by atoms with van der Waals surface area (Å²) in [5, 5.41) is 0. The van der Waals surface area contributed by atoms with Crippen LogP contribution in [0.15, 0.2) is 18.2 Å². The molecule has 2 fully saturated rings. The largest absolute Gasteiger partial charge is 0.432 e. The molecule has 0 radical (unpaired) electrons. The highest BCUT2D eigenvalue weighted by Gasteiger charge is 2.43. The third-order valence-electron chi connectivity index (χ3n) is 7.71. The Labute approximate surface area is 189 Å². The molecule has 1 aromatic carbocycles. The van der Waals surface area contributed by atoms with Crippen LogP contribution in [-0.4, -0.2) is 12.5 Å². The first-order valence-electron chi connectivity index (χ1n) is 12.4. The van der Waals surface area contributed by atoms with Crippen molar-refractivity contribution in [1.82, 2.24) is 0 Å². The molecule has 0 atom stereocenters. The number of hydrogen-bond donors (Lipinski definition) is 0. The van der Waals surface area contributed by atoms with Crippen LogP contribution in [0.5, 0.6) is 5.75 Å². The molecule has 182 valence electrons. The van der Waals surface area contributed by atoms with Gasteiger partial charge in [-0.25, -0.2) is 13.2 Å². The SMILES string of the molecule is CCCCCC1CCC(C(F)(F)CC2CCC(c3ccc(OC(F)F)c(F)c3)CC2)CC1. The Bertz CT molecular complexity index is 691. The van der Waals surface area contributed by atoms with Crippen LogP contribution >= 0.6 is 0 Å². The van der Waals surface area contributed by atoms with E-state index < -0.39 is 30.0 Å². The predicted molar refractivity (Wildman–Crippen MR) is 117 cm³/mol. The van der Waals surface area contributed by atoms with Crippen LogP contribution in [0.2, 0.25) is 0 Å². The maximum atomic E-state index is 15.0. The second-order valence-corrected chi connectivity index (χ2v) is 9.96. The molecule has 32 heavy (non-hydrogen) atoms. The number of alkyl halides is 4. The minimum atomic E-state index is -3.07. The molecule has 2 saturated carbocycles. The van der Waals surface area contributed by atoms with E-state index in [-0.39, 0.29) is 18.3 Å². The van der Waals surface area contributed by atoms with Gasteiger partial charge in [-0.3, -0.25) is 0 Å². The first-order chi connectivity index (χ1) is 15.3. The van der Waals surface area contributed by atoms with Crippen LogP contribution in [0.25, 0.3) is 0 Å². The van der Waals surface area contributed by atoms with E-state index in [1.807, 2.05) is 0 Å². The van der Waals surface area contributed by atoms with Gasteiger partial charge in [-0.1, -0.05) is 38.7 Å². The van der Waals surface area contributed by atoms with Crippen molar-refractivity contribution in [3.8, 4) is 5.75 Å². The van der Waals surface area contributed by atoms with Gasteiger partial charge in [0.05, 0.1) is 0 Å². The second-order valence-electron chi connectivity index (χ2n) is 9.96. The van der Waals surface area contributed by atoms with Gasteiger partial charge < -0.3 is 4.74 Å². The Hall–Kier alpha value is -1.33. The average molecular weight is 461 g/mol. The topological polar surface area (TPSA) is 9.23 Å². The zero-order valence-corrected chi connectivity index (χ0v) is 19.1. The summed E-state index contributed by atoms with van der Waals surface area (Å²) < 4.78 is 72.8. The summed E-state index contributed by atoms with van der Waals surface area (Å²) >= 11 is 0. The quantitative estimate of drug-likeness (QED) is 0.250. The normalized spacial score (nSPS) is 27.0. The highest BCUT2D eigenvalue weighted by Crippen LogP contribution is 2.46. The minimum absolute atomic E-state index is 0.00480. The van der Waals surface area contributed by atoms with Crippen molar-refractivity contribution < 1.29 is 26.7 Å². The molecule has 0 spiro atoms. The third kappa shape index (κ3) is 7.08. The number of unbranched alkanes of at least 4 members (excludes halogenated alkanes) is 2. The molecule has 0 saturated heterocycles. The zero-order valence-electron chi connectivity index (χ0n) is 19.1. The van der Waals surface area contributed by atoms with Crippen molar-refractivity contribution in [3.05, 3.63) is 29.6 Å².